The summed E-state index contributed by atoms with van der Waals surface area (Å²) in [6.45, 7) is 0. The van der Waals surface area contributed by atoms with Crippen molar-refractivity contribution in [1.29, 1.82) is 0 Å². The molecule has 0 saturated heterocycles. The van der Waals surface area contributed by atoms with E-state index in [1.165, 1.54) is 16.8 Å². The average Bonchev–Trinajstić information content (AvgIpc) is 2.77. The average molecular weight is 317 g/mol. The predicted molar refractivity (Wildman–Crippen MR) is 69.8 cm³/mol. The third kappa shape index (κ3) is 3.75. The van der Waals surface area contributed by atoms with Gasteiger partial charge in [0.05, 0.1) is 11.3 Å². The van der Waals surface area contributed by atoms with Crippen LogP contribution < -0.4 is 0 Å². The highest BCUT2D eigenvalue weighted by molar-refractivity contribution is 7.99. The Morgan fingerprint density at radius 1 is 1.43 bits per heavy atom. The number of hydrogen-bond acceptors (Lipinski definition) is 4. The molecule has 2 aromatic rings. The molecule has 21 heavy (non-hydrogen) atoms. The van der Waals surface area contributed by atoms with Crippen molar-refractivity contribution in [2.75, 3.05) is 5.75 Å². The number of alkyl halides is 3. The van der Waals surface area contributed by atoms with E-state index in [0.717, 1.165) is 23.9 Å². The molecule has 1 aromatic carbocycles. The number of aryl methyl sites for hydroxylation is 1. The van der Waals surface area contributed by atoms with Gasteiger partial charge in [-0.2, -0.15) is 18.3 Å². The van der Waals surface area contributed by atoms with Gasteiger partial charge >= 0.3 is 12.1 Å². The Kier molecular flexibility index (Phi) is 4.21. The predicted octanol–water partition coefficient (Wildman–Crippen LogP) is 2.68. The molecule has 0 saturated carbocycles. The molecule has 0 spiro atoms. The maximum Gasteiger partial charge on any atom is 0.416 e. The van der Waals surface area contributed by atoms with Crippen LogP contribution in [0.4, 0.5) is 13.2 Å². The van der Waals surface area contributed by atoms with E-state index in [0.29, 0.717) is 5.16 Å². The number of hydrogen-bond donors (Lipinski definition) is 1. The smallest absolute Gasteiger partial charge is 0.416 e. The van der Waals surface area contributed by atoms with Crippen molar-refractivity contribution in [2.45, 2.75) is 11.3 Å². The van der Waals surface area contributed by atoms with Crippen molar-refractivity contribution < 1.29 is 23.1 Å². The zero-order chi connectivity index (χ0) is 15.6. The molecule has 112 valence electrons. The van der Waals surface area contributed by atoms with Crippen molar-refractivity contribution in [3.05, 3.63) is 29.8 Å². The van der Waals surface area contributed by atoms with Crippen LogP contribution in [0.3, 0.4) is 0 Å². The first-order chi connectivity index (χ1) is 9.77. The number of carbonyl (C=O) groups is 1. The van der Waals surface area contributed by atoms with Gasteiger partial charge in [-0.1, -0.05) is 23.9 Å². The van der Waals surface area contributed by atoms with Crippen molar-refractivity contribution in [1.82, 2.24) is 14.8 Å². The molecule has 1 heterocycles. The second-order valence-corrected chi connectivity index (χ2v) is 5.05. The monoisotopic (exact) mass is 317 g/mol. The summed E-state index contributed by atoms with van der Waals surface area (Å²) in [4.78, 5) is 14.6. The summed E-state index contributed by atoms with van der Waals surface area (Å²) in [7, 11) is 1.55. The van der Waals surface area contributed by atoms with E-state index in [4.69, 9.17) is 5.11 Å². The fourth-order valence-electron chi connectivity index (χ4n) is 1.58. The largest absolute Gasteiger partial charge is 0.481 e. The lowest BCUT2D eigenvalue weighted by Crippen LogP contribution is -2.04. The van der Waals surface area contributed by atoms with E-state index in [2.05, 4.69) is 10.1 Å². The van der Waals surface area contributed by atoms with Crippen LogP contribution in [0.5, 0.6) is 0 Å². The third-order valence-electron chi connectivity index (χ3n) is 2.50. The van der Waals surface area contributed by atoms with Gasteiger partial charge in [-0.25, -0.2) is 9.67 Å². The van der Waals surface area contributed by atoms with Crippen LogP contribution in [-0.4, -0.2) is 31.6 Å². The van der Waals surface area contributed by atoms with Crippen LogP contribution in [0, 0.1) is 0 Å². The highest BCUT2D eigenvalue weighted by Gasteiger charge is 2.30. The first kappa shape index (κ1) is 15.4. The minimum Gasteiger partial charge on any atom is -0.481 e. The van der Waals surface area contributed by atoms with Crippen LogP contribution in [0.2, 0.25) is 0 Å². The summed E-state index contributed by atoms with van der Waals surface area (Å²) in [5, 5.41) is 12.9. The molecule has 1 N–H and O–H groups in total. The molecule has 0 amide bonds. The number of benzene rings is 1. The molecule has 0 radical (unpaired) electrons. The minimum absolute atomic E-state index is 0.122. The van der Waals surface area contributed by atoms with Crippen LogP contribution in [-0.2, 0) is 18.0 Å². The van der Waals surface area contributed by atoms with E-state index in [9.17, 15) is 18.0 Å². The number of rotatable bonds is 4. The maximum atomic E-state index is 12.7. The molecule has 0 aliphatic heterocycles. The lowest BCUT2D eigenvalue weighted by atomic mass is 10.1. The topological polar surface area (TPSA) is 68.0 Å². The van der Waals surface area contributed by atoms with E-state index >= 15 is 0 Å². The zero-order valence-electron chi connectivity index (χ0n) is 10.8. The Labute approximate surface area is 121 Å². The molecule has 9 heteroatoms. The first-order valence-electron chi connectivity index (χ1n) is 5.70. The summed E-state index contributed by atoms with van der Waals surface area (Å²) >= 11 is 0.948. The second-order valence-electron chi connectivity index (χ2n) is 4.10. The van der Waals surface area contributed by atoms with E-state index < -0.39 is 17.7 Å². The fraction of sp³-hybridized carbons (Fsp3) is 0.250. The van der Waals surface area contributed by atoms with Gasteiger partial charge in [0.25, 0.3) is 0 Å². The maximum absolute atomic E-state index is 12.7. The lowest BCUT2D eigenvalue weighted by Gasteiger charge is -2.06. The Morgan fingerprint density at radius 3 is 2.76 bits per heavy atom. The molecule has 1 aromatic heterocycles. The van der Waals surface area contributed by atoms with Gasteiger partial charge in [-0.05, 0) is 12.1 Å². The summed E-state index contributed by atoms with van der Waals surface area (Å²) in [6, 6.07) is 4.67. The highest BCUT2D eigenvalue weighted by Crippen LogP contribution is 2.31. The minimum atomic E-state index is -4.44. The fourth-order valence-corrected chi connectivity index (χ4v) is 2.21. The Hall–Kier alpha value is -2.03. The summed E-state index contributed by atoms with van der Waals surface area (Å²) in [6.07, 6.45) is -4.44. The van der Waals surface area contributed by atoms with Gasteiger partial charge in [-0.15, -0.1) is 0 Å². The van der Waals surface area contributed by atoms with Gasteiger partial charge in [0, 0.05) is 12.6 Å². The van der Waals surface area contributed by atoms with Crippen molar-refractivity contribution in [2.24, 2.45) is 7.05 Å². The molecular formula is C12H10F3N3O2S. The standard InChI is InChI=1S/C12H10F3N3O2S/c1-18-11(21-6-9(19)20)16-10(17-18)7-3-2-4-8(5-7)12(13,14)15/h2-5H,6H2,1H3,(H,19,20). The summed E-state index contributed by atoms with van der Waals surface area (Å²) < 4.78 is 39.3. The molecule has 0 unspecified atom stereocenters. The van der Waals surface area contributed by atoms with Crippen LogP contribution in [0.1, 0.15) is 5.56 Å². The van der Waals surface area contributed by atoms with Crippen molar-refractivity contribution in [3.63, 3.8) is 0 Å². The van der Waals surface area contributed by atoms with Gasteiger partial charge in [0.15, 0.2) is 11.0 Å². The Morgan fingerprint density at radius 2 is 2.14 bits per heavy atom. The number of carboxylic acids is 1. The first-order valence-corrected chi connectivity index (χ1v) is 6.69. The summed E-state index contributed by atoms with van der Waals surface area (Å²) in [5.41, 5.74) is -0.560. The van der Waals surface area contributed by atoms with Gasteiger partial charge in [-0.3, -0.25) is 4.79 Å². The molecule has 0 fully saturated rings. The molecular weight excluding hydrogens is 307 g/mol. The van der Waals surface area contributed by atoms with E-state index in [-0.39, 0.29) is 17.1 Å². The van der Waals surface area contributed by atoms with E-state index in [1.807, 2.05) is 0 Å². The van der Waals surface area contributed by atoms with Crippen LogP contribution in [0.25, 0.3) is 11.4 Å². The van der Waals surface area contributed by atoms with Gasteiger partial charge in [0.2, 0.25) is 0 Å². The Bertz CT molecular complexity index is 670. The number of aliphatic carboxylic acids is 1. The highest BCUT2D eigenvalue weighted by atomic mass is 32.2. The molecule has 0 atom stereocenters. The normalized spacial score (nSPS) is 11.6. The third-order valence-corrected chi connectivity index (χ3v) is 3.50. The molecule has 5 nitrogen and oxygen atoms in total. The zero-order valence-corrected chi connectivity index (χ0v) is 11.6. The lowest BCUT2D eigenvalue weighted by molar-refractivity contribution is -0.137. The summed E-state index contributed by atoms with van der Waals surface area (Å²) in [5.74, 6) is -1.09. The van der Waals surface area contributed by atoms with Crippen molar-refractivity contribution >= 4 is 17.7 Å². The number of halogens is 3. The Balaban J connectivity index is 2.30. The SMILES string of the molecule is Cn1nc(-c2cccc(C(F)(F)F)c2)nc1SCC(=O)O. The molecule has 0 aliphatic rings. The number of nitrogens with zero attached hydrogens (tertiary/aromatic N) is 3. The second kappa shape index (κ2) is 5.76. The molecule has 2 rings (SSSR count). The number of carboxylic acid groups (broad SMARTS) is 1. The van der Waals surface area contributed by atoms with Crippen LogP contribution >= 0.6 is 11.8 Å². The van der Waals surface area contributed by atoms with E-state index in [1.54, 1.807) is 7.05 Å². The number of aromatic nitrogens is 3. The molecule has 0 bridgehead atoms. The molecule has 0 aliphatic carbocycles. The van der Waals surface area contributed by atoms with Crippen molar-refractivity contribution in [3.8, 4) is 11.4 Å². The van der Waals surface area contributed by atoms with Gasteiger partial charge < -0.3 is 5.11 Å². The van der Waals surface area contributed by atoms with Gasteiger partial charge in [0.1, 0.15) is 0 Å². The van der Waals surface area contributed by atoms with Crippen LogP contribution in [0.15, 0.2) is 29.4 Å². The number of thioether (sulfide) groups is 1. The quantitative estimate of drug-likeness (QED) is 0.878.